The lowest BCUT2D eigenvalue weighted by Gasteiger charge is -2.18. The van der Waals surface area contributed by atoms with Crippen LogP contribution in [0.5, 0.6) is 0 Å². The summed E-state index contributed by atoms with van der Waals surface area (Å²) in [6, 6.07) is 10.2. The summed E-state index contributed by atoms with van der Waals surface area (Å²) in [5.74, 6) is 0.798. The minimum absolute atomic E-state index is 0.0265. The van der Waals surface area contributed by atoms with Crippen molar-refractivity contribution in [1.82, 2.24) is 14.3 Å². The van der Waals surface area contributed by atoms with Crippen molar-refractivity contribution in [2.45, 2.75) is 64.5 Å². The fourth-order valence-corrected chi connectivity index (χ4v) is 3.53. The molecule has 7 heteroatoms. The number of ether oxygens (including phenoxy) is 2. The van der Waals surface area contributed by atoms with Crippen molar-refractivity contribution in [1.29, 1.82) is 0 Å². The van der Waals surface area contributed by atoms with E-state index in [-0.39, 0.29) is 37.0 Å². The van der Waals surface area contributed by atoms with E-state index in [0.717, 1.165) is 6.42 Å². The molecule has 27 heavy (non-hydrogen) atoms. The largest absolute Gasteiger partial charge is 0.389 e. The van der Waals surface area contributed by atoms with E-state index >= 15 is 0 Å². The third-order valence-electron chi connectivity index (χ3n) is 4.85. The Labute approximate surface area is 159 Å². The highest BCUT2D eigenvalue weighted by molar-refractivity contribution is 5.23. The fourth-order valence-electron chi connectivity index (χ4n) is 3.53. The van der Waals surface area contributed by atoms with Crippen LogP contribution in [0.25, 0.3) is 0 Å². The molecular weight excluding hydrogens is 346 g/mol. The van der Waals surface area contributed by atoms with Gasteiger partial charge in [-0.1, -0.05) is 30.3 Å². The minimum atomic E-state index is -0.785. The quantitative estimate of drug-likeness (QED) is 0.764. The van der Waals surface area contributed by atoms with Gasteiger partial charge >= 0.3 is 5.69 Å². The molecule has 0 amide bonds. The standard InChI is InChI=1S/C20H29N3O4/c1-4-22-19(18-17(10-11-26-18)15-8-6-5-7-9-15)21-23(20(22)25)12-16(24)13-27-14(2)3/h5-9,14,16-18,24H,4,10-13H2,1-3H3/t16-,17-,18-/m0/s1. The normalized spacial score (nSPS) is 21.1. The molecule has 0 spiro atoms. The van der Waals surface area contributed by atoms with Crippen LogP contribution < -0.4 is 5.69 Å². The number of rotatable bonds is 8. The summed E-state index contributed by atoms with van der Waals surface area (Å²) in [5, 5.41) is 14.7. The molecule has 0 saturated carbocycles. The molecule has 1 aromatic carbocycles. The molecule has 0 radical (unpaired) electrons. The van der Waals surface area contributed by atoms with Crippen LogP contribution in [0.4, 0.5) is 0 Å². The summed E-state index contributed by atoms with van der Waals surface area (Å²) in [4.78, 5) is 12.8. The molecule has 1 saturated heterocycles. The molecule has 0 aliphatic carbocycles. The number of hydrogen-bond acceptors (Lipinski definition) is 5. The highest BCUT2D eigenvalue weighted by atomic mass is 16.5. The molecule has 1 aromatic heterocycles. The minimum Gasteiger partial charge on any atom is -0.389 e. The van der Waals surface area contributed by atoms with E-state index in [4.69, 9.17) is 9.47 Å². The molecule has 1 aliphatic rings. The summed E-state index contributed by atoms with van der Waals surface area (Å²) >= 11 is 0. The first-order valence-corrected chi connectivity index (χ1v) is 9.65. The Balaban J connectivity index is 1.84. The summed E-state index contributed by atoms with van der Waals surface area (Å²) in [6.07, 6.45) is -0.124. The first-order valence-electron chi connectivity index (χ1n) is 9.65. The number of hydrogen-bond donors (Lipinski definition) is 1. The van der Waals surface area contributed by atoms with Gasteiger partial charge in [0.1, 0.15) is 6.10 Å². The molecule has 1 N–H and O–H groups in total. The molecule has 1 aliphatic heterocycles. The summed E-state index contributed by atoms with van der Waals surface area (Å²) < 4.78 is 14.4. The Morgan fingerprint density at radius 1 is 1.33 bits per heavy atom. The number of aliphatic hydroxyl groups excluding tert-OH is 1. The van der Waals surface area contributed by atoms with E-state index in [2.05, 4.69) is 17.2 Å². The van der Waals surface area contributed by atoms with Gasteiger partial charge < -0.3 is 14.6 Å². The van der Waals surface area contributed by atoms with Crippen LogP contribution in [0.2, 0.25) is 0 Å². The second-order valence-electron chi connectivity index (χ2n) is 7.20. The zero-order valence-electron chi connectivity index (χ0n) is 16.2. The van der Waals surface area contributed by atoms with Gasteiger partial charge in [0.05, 0.1) is 25.4 Å². The van der Waals surface area contributed by atoms with E-state index < -0.39 is 6.10 Å². The van der Waals surface area contributed by atoms with Crippen LogP contribution in [0.1, 0.15) is 50.6 Å². The van der Waals surface area contributed by atoms with Gasteiger partial charge in [0.15, 0.2) is 5.82 Å². The average Bonchev–Trinajstić information content (AvgIpc) is 3.26. The van der Waals surface area contributed by atoms with E-state index in [9.17, 15) is 9.90 Å². The molecule has 0 unspecified atom stereocenters. The predicted octanol–water partition coefficient (Wildman–Crippen LogP) is 2.10. The lowest BCUT2D eigenvalue weighted by molar-refractivity contribution is -0.00261. The SMILES string of the molecule is CCn1c([C@H]2OCC[C@H]2c2ccccc2)nn(C[C@H](O)COC(C)C)c1=O. The van der Waals surface area contributed by atoms with Crippen LogP contribution in [0.3, 0.4) is 0 Å². The van der Waals surface area contributed by atoms with E-state index in [1.165, 1.54) is 10.2 Å². The first-order chi connectivity index (χ1) is 13.0. The molecule has 148 valence electrons. The summed E-state index contributed by atoms with van der Waals surface area (Å²) in [7, 11) is 0. The molecule has 2 heterocycles. The van der Waals surface area contributed by atoms with Crippen molar-refractivity contribution >= 4 is 0 Å². The molecular formula is C20H29N3O4. The number of aliphatic hydroxyl groups is 1. The predicted molar refractivity (Wildman–Crippen MR) is 102 cm³/mol. The van der Waals surface area contributed by atoms with E-state index in [0.29, 0.717) is 19.0 Å². The van der Waals surface area contributed by atoms with Crippen molar-refractivity contribution in [2.24, 2.45) is 0 Å². The maximum atomic E-state index is 12.8. The van der Waals surface area contributed by atoms with Crippen molar-refractivity contribution in [3.05, 3.63) is 52.2 Å². The third kappa shape index (κ3) is 4.48. The maximum absolute atomic E-state index is 12.8. The van der Waals surface area contributed by atoms with Crippen LogP contribution in [0, 0.1) is 0 Å². The van der Waals surface area contributed by atoms with Crippen molar-refractivity contribution in [3.8, 4) is 0 Å². The molecule has 7 nitrogen and oxygen atoms in total. The van der Waals surface area contributed by atoms with Gasteiger partial charge in [0.25, 0.3) is 0 Å². The van der Waals surface area contributed by atoms with Gasteiger partial charge in [-0.15, -0.1) is 0 Å². The Bertz CT molecular complexity index is 784. The Kier molecular flexibility index (Phi) is 6.46. The third-order valence-corrected chi connectivity index (χ3v) is 4.85. The zero-order chi connectivity index (χ0) is 19.4. The smallest absolute Gasteiger partial charge is 0.346 e. The lowest BCUT2D eigenvalue weighted by Crippen LogP contribution is -2.32. The summed E-state index contributed by atoms with van der Waals surface area (Å²) in [6.45, 7) is 7.16. The van der Waals surface area contributed by atoms with Crippen LogP contribution in [0.15, 0.2) is 35.1 Å². The number of benzene rings is 1. The van der Waals surface area contributed by atoms with E-state index in [1.807, 2.05) is 39.0 Å². The highest BCUT2D eigenvalue weighted by Crippen LogP contribution is 2.40. The summed E-state index contributed by atoms with van der Waals surface area (Å²) in [5.41, 5.74) is 0.966. The molecule has 0 bridgehead atoms. The monoisotopic (exact) mass is 375 g/mol. The Morgan fingerprint density at radius 3 is 2.74 bits per heavy atom. The van der Waals surface area contributed by atoms with Gasteiger partial charge in [-0.2, -0.15) is 5.10 Å². The number of aromatic nitrogens is 3. The van der Waals surface area contributed by atoms with Crippen molar-refractivity contribution in [2.75, 3.05) is 13.2 Å². The molecule has 3 atom stereocenters. The molecule has 2 aromatic rings. The first kappa shape index (κ1) is 19.8. The van der Waals surface area contributed by atoms with Gasteiger partial charge in [-0.3, -0.25) is 4.57 Å². The van der Waals surface area contributed by atoms with Crippen LogP contribution >= 0.6 is 0 Å². The second-order valence-corrected chi connectivity index (χ2v) is 7.20. The van der Waals surface area contributed by atoms with Crippen molar-refractivity contribution < 1.29 is 14.6 Å². The molecule has 1 fully saturated rings. The highest BCUT2D eigenvalue weighted by Gasteiger charge is 2.35. The molecule has 3 rings (SSSR count). The Hall–Kier alpha value is -1.96. The number of nitrogens with zero attached hydrogens (tertiary/aromatic N) is 3. The van der Waals surface area contributed by atoms with Gasteiger partial charge in [0.2, 0.25) is 0 Å². The van der Waals surface area contributed by atoms with Gasteiger partial charge in [-0.25, -0.2) is 9.48 Å². The van der Waals surface area contributed by atoms with E-state index in [1.54, 1.807) is 4.57 Å². The lowest BCUT2D eigenvalue weighted by atomic mass is 9.92. The maximum Gasteiger partial charge on any atom is 0.346 e. The fraction of sp³-hybridized carbons (Fsp3) is 0.600. The van der Waals surface area contributed by atoms with Crippen LogP contribution in [-0.4, -0.2) is 44.9 Å². The zero-order valence-corrected chi connectivity index (χ0v) is 16.2. The van der Waals surface area contributed by atoms with Crippen LogP contribution in [-0.2, 0) is 22.6 Å². The Morgan fingerprint density at radius 2 is 2.07 bits per heavy atom. The van der Waals surface area contributed by atoms with Gasteiger partial charge in [-0.05, 0) is 32.8 Å². The second kappa shape index (κ2) is 8.82. The average molecular weight is 375 g/mol. The van der Waals surface area contributed by atoms with Gasteiger partial charge in [0, 0.05) is 19.1 Å². The topological polar surface area (TPSA) is 78.5 Å². The van der Waals surface area contributed by atoms with Crippen molar-refractivity contribution in [3.63, 3.8) is 0 Å².